The highest BCUT2D eigenvalue weighted by Gasteiger charge is 2.09. The van der Waals surface area contributed by atoms with Crippen LogP contribution < -0.4 is 15.0 Å². The molecular weight excluding hydrogens is 326 g/mol. The average Bonchev–Trinajstić information content (AvgIpc) is 2.59. The normalized spacial score (nSPS) is 10.0. The van der Waals surface area contributed by atoms with E-state index in [1.807, 2.05) is 0 Å². The number of nitrogens with zero attached hydrogens (tertiary/aromatic N) is 2. The van der Waals surface area contributed by atoms with Gasteiger partial charge in [-0.25, -0.2) is 0 Å². The number of non-ortho nitro benzene ring substituents is 1. The minimum atomic E-state index is -0.512. The van der Waals surface area contributed by atoms with E-state index >= 15 is 0 Å². The van der Waals surface area contributed by atoms with Crippen molar-refractivity contribution in [3.05, 3.63) is 58.6 Å². The Balaban J connectivity index is 1.93. The van der Waals surface area contributed by atoms with Gasteiger partial charge in [0.2, 0.25) is 5.91 Å². The lowest BCUT2D eigenvalue weighted by molar-refractivity contribution is -0.384. The Morgan fingerprint density at radius 3 is 2.48 bits per heavy atom. The molecule has 8 nitrogen and oxygen atoms in total. The van der Waals surface area contributed by atoms with Gasteiger partial charge in [0, 0.05) is 37.5 Å². The minimum Gasteiger partial charge on any atom is -0.484 e. The fourth-order valence-corrected chi connectivity index (χ4v) is 1.98. The number of rotatable bonds is 6. The first-order valence-corrected chi connectivity index (χ1v) is 7.38. The Kier molecular flexibility index (Phi) is 5.67. The Hall–Kier alpha value is -3.42. The molecule has 2 aromatic carbocycles. The number of nitro groups is 1. The number of nitro benzene ring substituents is 1. The summed E-state index contributed by atoms with van der Waals surface area (Å²) in [4.78, 5) is 34.9. The predicted octanol–water partition coefficient (Wildman–Crippen LogP) is 2.60. The Labute approximate surface area is 144 Å². The monoisotopic (exact) mass is 343 g/mol. The molecule has 25 heavy (non-hydrogen) atoms. The summed E-state index contributed by atoms with van der Waals surface area (Å²) in [6.45, 7) is 1.20. The molecule has 0 aliphatic carbocycles. The van der Waals surface area contributed by atoms with E-state index < -0.39 is 4.92 Å². The van der Waals surface area contributed by atoms with Crippen LogP contribution in [0, 0.1) is 10.1 Å². The van der Waals surface area contributed by atoms with Crippen LogP contribution in [0.2, 0.25) is 0 Å². The van der Waals surface area contributed by atoms with Crippen LogP contribution >= 0.6 is 0 Å². The van der Waals surface area contributed by atoms with Crippen molar-refractivity contribution >= 4 is 28.9 Å². The van der Waals surface area contributed by atoms with Crippen molar-refractivity contribution < 1.29 is 19.2 Å². The molecule has 8 heteroatoms. The van der Waals surface area contributed by atoms with Gasteiger partial charge in [0.25, 0.3) is 11.6 Å². The maximum atomic E-state index is 12.0. The highest BCUT2D eigenvalue weighted by atomic mass is 16.6. The lowest BCUT2D eigenvalue weighted by Gasteiger charge is -2.16. The highest BCUT2D eigenvalue weighted by Crippen LogP contribution is 2.19. The van der Waals surface area contributed by atoms with E-state index in [1.54, 1.807) is 31.3 Å². The average molecular weight is 343 g/mol. The zero-order chi connectivity index (χ0) is 18.4. The molecule has 0 atom stereocenters. The maximum absolute atomic E-state index is 12.0. The van der Waals surface area contributed by atoms with Crippen molar-refractivity contribution in [2.24, 2.45) is 0 Å². The molecule has 1 N–H and O–H groups in total. The molecule has 130 valence electrons. The third kappa shape index (κ3) is 5.03. The molecule has 0 saturated carbocycles. The van der Waals surface area contributed by atoms with Crippen molar-refractivity contribution in [2.75, 3.05) is 23.9 Å². The second-order valence-electron chi connectivity index (χ2n) is 5.22. The van der Waals surface area contributed by atoms with Crippen LogP contribution in [0.25, 0.3) is 0 Å². The minimum absolute atomic E-state index is 0.0526. The van der Waals surface area contributed by atoms with Crippen LogP contribution in [0.4, 0.5) is 17.1 Å². The van der Waals surface area contributed by atoms with Gasteiger partial charge in [0.1, 0.15) is 5.75 Å². The number of hydrogen-bond acceptors (Lipinski definition) is 5. The summed E-state index contributed by atoms with van der Waals surface area (Å²) < 4.78 is 5.29. The highest BCUT2D eigenvalue weighted by molar-refractivity contribution is 5.94. The topological polar surface area (TPSA) is 102 Å². The molecule has 0 heterocycles. The van der Waals surface area contributed by atoms with E-state index in [2.05, 4.69) is 5.32 Å². The first kappa shape index (κ1) is 17.9. The largest absolute Gasteiger partial charge is 0.484 e. The number of carbonyl (C=O) groups excluding carboxylic acids is 2. The number of carbonyl (C=O) groups is 2. The number of nitrogens with one attached hydrogen (secondary N) is 1. The van der Waals surface area contributed by atoms with Crippen LogP contribution in [0.1, 0.15) is 6.92 Å². The fraction of sp³-hybridized carbons (Fsp3) is 0.176. The van der Waals surface area contributed by atoms with E-state index in [4.69, 9.17) is 4.74 Å². The summed E-state index contributed by atoms with van der Waals surface area (Å²) in [5.74, 6) is -0.156. The van der Waals surface area contributed by atoms with Crippen LogP contribution in [0.15, 0.2) is 48.5 Å². The number of ether oxygens (including phenoxy) is 1. The van der Waals surface area contributed by atoms with Crippen molar-refractivity contribution in [3.8, 4) is 5.75 Å². The van der Waals surface area contributed by atoms with Gasteiger partial charge in [-0.1, -0.05) is 6.07 Å². The van der Waals surface area contributed by atoms with E-state index in [1.165, 1.54) is 36.1 Å². The zero-order valence-electron chi connectivity index (χ0n) is 13.8. The molecule has 2 aromatic rings. The first-order chi connectivity index (χ1) is 11.9. The summed E-state index contributed by atoms with van der Waals surface area (Å²) in [6, 6.07) is 12.3. The van der Waals surface area contributed by atoms with Crippen molar-refractivity contribution in [1.29, 1.82) is 0 Å². The number of anilines is 2. The molecule has 0 aromatic heterocycles. The second kappa shape index (κ2) is 7.91. The maximum Gasteiger partial charge on any atom is 0.269 e. The van der Waals surface area contributed by atoms with Crippen molar-refractivity contribution in [2.45, 2.75) is 6.92 Å². The number of benzene rings is 2. The van der Waals surface area contributed by atoms with Gasteiger partial charge < -0.3 is 15.0 Å². The van der Waals surface area contributed by atoms with Gasteiger partial charge in [0.05, 0.1) is 4.92 Å². The van der Waals surface area contributed by atoms with E-state index in [0.717, 1.165) is 0 Å². The number of hydrogen-bond donors (Lipinski definition) is 1. The van der Waals surface area contributed by atoms with Crippen LogP contribution in [0.3, 0.4) is 0 Å². The quantitative estimate of drug-likeness (QED) is 0.641. The Morgan fingerprint density at radius 1 is 1.20 bits per heavy atom. The molecule has 0 unspecified atom stereocenters. The smallest absolute Gasteiger partial charge is 0.269 e. The molecule has 2 amide bonds. The summed E-state index contributed by atoms with van der Waals surface area (Å²) in [6.07, 6.45) is 0. The van der Waals surface area contributed by atoms with Crippen LogP contribution in [-0.2, 0) is 9.59 Å². The van der Waals surface area contributed by atoms with E-state index in [-0.39, 0.29) is 24.1 Å². The predicted molar refractivity (Wildman–Crippen MR) is 92.7 cm³/mol. The summed E-state index contributed by atoms with van der Waals surface area (Å²) >= 11 is 0. The van der Waals surface area contributed by atoms with Crippen LogP contribution in [0.5, 0.6) is 5.75 Å². The second-order valence-corrected chi connectivity index (χ2v) is 5.22. The third-order valence-electron chi connectivity index (χ3n) is 3.41. The van der Waals surface area contributed by atoms with Gasteiger partial charge >= 0.3 is 0 Å². The molecule has 0 aliphatic rings. The molecular formula is C17H17N3O5. The first-order valence-electron chi connectivity index (χ1n) is 7.38. The lowest BCUT2D eigenvalue weighted by atomic mass is 10.2. The molecule has 0 radical (unpaired) electrons. The van der Waals surface area contributed by atoms with Crippen molar-refractivity contribution in [3.63, 3.8) is 0 Å². The Morgan fingerprint density at radius 2 is 1.88 bits per heavy atom. The molecule has 0 spiro atoms. The Bertz CT molecular complexity index is 789. The lowest BCUT2D eigenvalue weighted by Crippen LogP contribution is -2.23. The summed E-state index contributed by atoms with van der Waals surface area (Å²) in [7, 11) is 1.64. The fourth-order valence-electron chi connectivity index (χ4n) is 1.98. The number of amides is 2. The van der Waals surface area contributed by atoms with Gasteiger partial charge in [-0.3, -0.25) is 19.7 Å². The van der Waals surface area contributed by atoms with Gasteiger partial charge in [-0.2, -0.15) is 0 Å². The van der Waals surface area contributed by atoms with E-state index in [9.17, 15) is 19.7 Å². The van der Waals surface area contributed by atoms with Crippen molar-refractivity contribution in [1.82, 2.24) is 0 Å². The summed E-state index contributed by atoms with van der Waals surface area (Å²) in [5, 5.41) is 13.2. The molecule has 0 aliphatic heterocycles. The van der Waals surface area contributed by atoms with Crippen LogP contribution in [-0.4, -0.2) is 30.4 Å². The zero-order valence-corrected chi connectivity index (χ0v) is 13.8. The third-order valence-corrected chi connectivity index (χ3v) is 3.41. The van der Waals surface area contributed by atoms with Gasteiger partial charge in [-0.15, -0.1) is 0 Å². The van der Waals surface area contributed by atoms with Gasteiger partial charge in [-0.05, 0) is 30.3 Å². The molecule has 2 rings (SSSR count). The van der Waals surface area contributed by atoms with Gasteiger partial charge in [0.15, 0.2) is 6.61 Å². The van der Waals surface area contributed by atoms with E-state index in [0.29, 0.717) is 17.1 Å². The standard InChI is InChI=1S/C17H17N3O5/c1-12(21)19(2)15-5-3-4-13(10-15)18-17(22)11-25-16-8-6-14(7-9-16)20(23)24/h3-10H,11H2,1-2H3,(H,18,22). The molecule has 0 saturated heterocycles. The summed E-state index contributed by atoms with van der Waals surface area (Å²) in [5.41, 5.74) is 1.13. The molecule has 0 fully saturated rings. The SMILES string of the molecule is CC(=O)N(C)c1cccc(NC(=O)COc2ccc([N+](=O)[O-])cc2)c1. The molecule has 0 bridgehead atoms.